The summed E-state index contributed by atoms with van der Waals surface area (Å²) in [4.78, 5) is 0. The number of phosphoric acid groups is 1. The summed E-state index contributed by atoms with van der Waals surface area (Å²) in [5.41, 5.74) is 0. The lowest BCUT2D eigenvalue weighted by Crippen LogP contribution is -1.88. The molecule has 0 heterocycles. The third kappa shape index (κ3) is 5.89. The van der Waals surface area contributed by atoms with Gasteiger partial charge in [0, 0.05) is 21.3 Å². The summed E-state index contributed by atoms with van der Waals surface area (Å²) in [5, 5.41) is 0. The minimum atomic E-state index is -3.16. The minimum absolute atomic E-state index is 1.26. The predicted molar refractivity (Wildman–Crippen MR) is 55.1 cm³/mol. The maximum absolute atomic E-state index is 10.7. The summed E-state index contributed by atoms with van der Waals surface area (Å²) in [6.45, 7) is 0. The van der Waals surface area contributed by atoms with E-state index in [1.807, 2.05) is 36.4 Å². The van der Waals surface area contributed by atoms with Crippen LogP contribution in [0.25, 0.3) is 0 Å². The Morgan fingerprint density at radius 1 is 0.714 bits per heavy atom. The van der Waals surface area contributed by atoms with Gasteiger partial charge in [0.15, 0.2) is 0 Å². The molecule has 0 amide bonds. The van der Waals surface area contributed by atoms with E-state index in [0.29, 0.717) is 0 Å². The quantitative estimate of drug-likeness (QED) is 0.731. The highest BCUT2D eigenvalue weighted by atomic mass is 31.2. The van der Waals surface area contributed by atoms with Crippen LogP contribution in [0.1, 0.15) is 0 Å². The smallest absolute Gasteiger partial charge is 0.290 e. The summed E-state index contributed by atoms with van der Waals surface area (Å²) in [5.74, 6) is 0. The van der Waals surface area contributed by atoms with E-state index >= 15 is 0 Å². The van der Waals surface area contributed by atoms with Gasteiger partial charge in [0.25, 0.3) is 0 Å². The van der Waals surface area contributed by atoms with E-state index in [9.17, 15) is 4.57 Å². The van der Waals surface area contributed by atoms with Crippen LogP contribution < -0.4 is 0 Å². The van der Waals surface area contributed by atoms with Gasteiger partial charge in [-0.1, -0.05) is 36.4 Å². The Morgan fingerprint density at radius 3 is 1.00 bits per heavy atom. The summed E-state index contributed by atoms with van der Waals surface area (Å²) in [6, 6.07) is 12.0. The topological polar surface area (TPSA) is 44.8 Å². The molecule has 14 heavy (non-hydrogen) atoms. The van der Waals surface area contributed by atoms with E-state index in [2.05, 4.69) is 13.6 Å². The van der Waals surface area contributed by atoms with Crippen LogP contribution in [0.2, 0.25) is 0 Å². The van der Waals surface area contributed by atoms with Crippen molar-refractivity contribution in [2.75, 3.05) is 21.3 Å². The summed E-state index contributed by atoms with van der Waals surface area (Å²) in [7, 11) is 0.611. The Balaban J connectivity index is 0.000000249. The van der Waals surface area contributed by atoms with Gasteiger partial charge in [0.2, 0.25) is 0 Å². The Morgan fingerprint density at radius 2 is 0.929 bits per heavy atom. The van der Waals surface area contributed by atoms with Gasteiger partial charge in [0.1, 0.15) is 0 Å². The maximum atomic E-state index is 10.7. The molecule has 1 aromatic rings. The lowest BCUT2D eigenvalue weighted by Gasteiger charge is -2.08. The third-order valence-corrected chi connectivity index (χ3v) is 2.68. The van der Waals surface area contributed by atoms with Gasteiger partial charge in [-0.25, -0.2) is 4.57 Å². The number of phosphoric ester groups is 1. The van der Waals surface area contributed by atoms with E-state index in [4.69, 9.17) is 0 Å². The summed E-state index contributed by atoms with van der Waals surface area (Å²) < 4.78 is 23.7. The van der Waals surface area contributed by atoms with Crippen molar-refractivity contribution in [2.24, 2.45) is 0 Å². The molecule has 0 radical (unpaired) electrons. The fourth-order valence-electron chi connectivity index (χ4n) is 0.609. The molecule has 0 spiro atoms. The lowest BCUT2D eigenvalue weighted by molar-refractivity contribution is 0.178. The van der Waals surface area contributed by atoms with E-state index in [-0.39, 0.29) is 0 Å². The molecule has 0 aliphatic carbocycles. The average molecular weight is 218 g/mol. The molecule has 0 atom stereocenters. The highest BCUT2D eigenvalue weighted by Crippen LogP contribution is 2.46. The minimum Gasteiger partial charge on any atom is -0.290 e. The molecule has 0 N–H and O–H groups in total. The molecule has 0 saturated heterocycles. The first kappa shape index (κ1) is 13.3. The van der Waals surface area contributed by atoms with E-state index in [0.717, 1.165) is 0 Å². The van der Waals surface area contributed by atoms with E-state index in [1.54, 1.807) is 0 Å². The molecule has 0 fully saturated rings. The molecule has 4 nitrogen and oxygen atoms in total. The molecular formula is C9H15O4P. The van der Waals surface area contributed by atoms with Crippen LogP contribution in [0.15, 0.2) is 36.4 Å². The first-order valence-electron chi connectivity index (χ1n) is 3.96. The van der Waals surface area contributed by atoms with Crippen molar-refractivity contribution >= 4 is 7.82 Å². The second-order valence-corrected chi connectivity index (χ2v) is 4.14. The van der Waals surface area contributed by atoms with Gasteiger partial charge < -0.3 is 0 Å². The van der Waals surface area contributed by atoms with E-state index < -0.39 is 7.82 Å². The van der Waals surface area contributed by atoms with Gasteiger partial charge in [-0.2, -0.15) is 0 Å². The second kappa shape index (κ2) is 7.71. The summed E-state index contributed by atoms with van der Waals surface area (Å²) >= 11 is 0. The fourth-order valence-corrected chi connectivity index (χ4v) is 1.06. The van der Waals surface area contributed by atoms with Gasteiger partial charge in [-0.3, -0.25) is 13.6 Å². The van der Waals surface area contributed by atoms with Crippen molar-refractivity contribution in [3.05, 3.63) is 36.4 Å². The van der Waals surface area contributed by atoms with Crippen LogP contribution in [0.3, 0.4) is 0 Å². The molecule has 0 saturated carbocycles. The van der Waals surface area contributed by atoms with Crippen molar-refractivity contribution in [3.63, 3.8) is 0 Å². The molecule has 0 aliphatic heterocycles. The first-order chi connectivity index (χ1) is 6.68. The molecule has 80 valence electrons. The van der Waals surface area contributed by atoms with Crippen molar-refractivity contribution < 1.29 is 18.1 Å². The Bertz CT molecular complexity index is 217. The zero-order valence-corrected chi connectivity index (χ0v) is 9.44. The standard InChI is InChI=1S/C6H6.C3H9O4P/c1-2-4-6-5-3-1;1-5-8(4,6-2)7-3/h1-6H;1-3H3. The average Bonchev–Trinajstić information content (AvgIpc) is 2.31. The van der Waals surface area contributed by atoms with Crippen LogP contribution in [0, 0.1) is 0 Å². The maximum Gasteiger partial charge on any atom is 0.473 e. The second-order valence-electron chi connectivity index (χ2n) is 2.15. The monoisotopic (exact) mass is 218 g/mol. The van der Waals surface area contributed by atoms with Crippen molar-refractivity contribution in [1.29, 1.82) is 0 Å². The van der Waals surface area contributed by atoms with Gasteiger partial charge in [-0.15, -0.1) is 0 Å². The first-order valence-corrected chi connectivity index (χ1v) is 5.42. The predicted octanol–water partition coefficient (Wildman–Crippen LogP) is 2.72. The highest BCUT2D eigenvalue weighted by Gasteiger charge is 2.18. The molecule has 5 heteroatoms. The summed E-state index contributed by atoms with van der Waals surface area (Å²) in [6.07, 6.45) is 0. The highest BCUT2D eigenvalue weighted by molar-refractivity contribution is 7.48. The Hall–Kier alpha value is -0.670. The van der Waals surface area contributed by atoms with Crippen LogP contribution in [0.4, 0.5) is 0 Å². The molecular weight excluding hydrogens is 203 g/mol. The Labute approximate surface area is 84.4 Å². The van der Waals surface area contributed by atoms with Gasteiger partial charge in [-0.05, 0) is 0 Å². The SMILES string of the molecule is COP(=O)(OC)OC.c1ccccc1. The zero-order valence-electron chi connectivity index (χ0n) is 8.54. The number of hydrogen-bond acceptors (Lipinski definition) is 4. The molecule has 0 bridgehead atoms. The molecule has 0 aromatic heterocycles. The third-order valence-electron chi connectivity index (χ3n) is 1.34. The molecule has 0 aliphatic rings. The van der Waals surface area contributed by atoms with Crippen LogP contribution in [-0.2, 0) is 18.1 Å². The number of hydrogen-bond donors (Lipinski definition) is 0. The van der Waals surface area contributed by atoms with Crippen LogP contribution in [0.5, 0.6) is 0 Å². The van der Waals surface area contributed by atoms with Crippen LogP contribution >= 0.6 is 7.82 Å². The molecule has 1 rings (SSSR count). The number of rotatable bonds is 3. The fraction of sp³-hybridized carbons (Fsp3) is 0.333. The van der Waals surface area contributed by atoms with Gasteiger partial charge >= 0.3 is 7.82 Å². The van der Waals surface area contributed by atoms with Crippen LogP contribution in [-0.4, -0.2) is 21.3 Å². The lowest BCUT2D eigenvalue weighted by atomic mass is 10.4. The van der Waals surface area contributed by atoms with Gasteiger partial charge in [0.05, 0.1) is 0 Å². The normalized spacial score (nSPS) is 10.2. The zero-order chi connectivity index (χ0) is 10.9. The Kier molecular flexibility index (Phi) is 7.34. The van der Waals surface area contributed by atoms with Crippen molar-refractivity contribution in [3.8, 4) is 0 Å². The molecule has 0 unspecified atom stereocenters. The largest absolute Gasteiger partial charge is 0.473 e. The van der Waals surface area contributed by atoms with Crippen molar-refractivity contribution in [2.45, 2.75) is 0 Å². The van der Waals surface area contributed by atoms with E-state index in [1.165, 1.54) is 21.3 Å². The molecule has 1 aromatic carbocycles. The van der Waals surface area contributed by atoms with Crippen molar-refractivity contribution in [1.82, 2.24) is 0 Å². The number of benzene rings is 1.